The number of anilines is 1. The van der Waals surface area contributed by atoms with Gasteiger partial charge in [0.25, 0.3) is 5.78 Å². The largest absolute Gasteiger partial charge is 0.443 e. The number of benzene rings is 1. The monoisotopic (exact) mass is 373 g/mol. The van der Waals surface area contributed by atoms with Gasteiger partial charge in [0.15, 0.2) is 0 Å². The summed E-state index contributed by atoms with van der Waals surface area (Å²) in [6.45, 7) is 5.09. The van der Waals surface area contributed by atoms with E-state index in [4.69, 9.17) is 4.74 Å². The highest BCUT2D eigenvalue weighted by atomic mass is 127. The van der Waals surface area contributed by atoms with Crippen molar-refractivity contribution in [1.82, 2.24) is 0 Å². The van der Waals surface area contributed by atoms with Crippen molar-refractivity contribution in [3.8, 4) is 0 Å². The van der Waals surface area contributed by atoms with Gasteiger partial charge in [0.2, 0.25) is 0 Å². The Morgan fingerprint density at radius 2 is 1.89 bits per heavy atom. The molecule has 0 bridgehead atoms. The van der Waals surface area contributed by atoms with Gasteiger partial charge in [-0.25, -0.2) is 9.69 Å². The van der Waals surface area contributed by atoms with Crippen LogP contribution < -0.4 is 4.90 Å². The third-order valence-electron chi connectivity index (χ3n) is 2.43. The lowest BCUT2D eigenvalue weighted by molar-refractivity contribution is -0.114. The summed E-state index contributed by atoms with van der Waals surface area (Å²) >= 11 is 1.96. The fourth-order valence-corrected chi connectivity index (χ4v) is 2.46. The number of nitrogens with zero attached hydrogens (tertiary/aromatic N) is 1. The van der Waals surface area contributed by atoms with Gasteiger partial charge in [0, 0.05) is 3.57 Å². The second-order valence-corrected chi connectivity index (χ2v) is 6.25. The molecular formula is C13H12INO4. The highest BCUT2D eigenvalue weighted by Crippen LogP contribution is 2.33. The standard InChI is InChI=1S/C13H12INO4/c1-13(2,3)19-12(18)15-8-6-4-5-7(14)9(8)10(16)11(15)17/h4-6H,1-3H3. The van der Waals surface area contributed by atoms with Crippen LogP contribution in [0, 0.1) is 3.57 Å². The van der Waals surface area contributed by atoms with Crippen molar-refractivity contribution in [2.24, 2.45) is 0 Å². The van der Waals surface area contributed by atoms with Gasteiger partial charge in [-0.1, -0.05) is 6.07 Å². The predicted molar refractivity (Wildman–Crippen MR) is 77.2 cm³/mol. The van der Waals surface area contributed by atoms with E-state index in [2.05, 4.69) is 0 Å². The number of ether oxygens (including phenoxy) is 1. The lowest BCUT2D eigenvalue weighted by Crippen LogP contribution is -2.40. The maximum Gasteiger partial charge on any atom is 0.422 e. The number of carbonyl (C=O) groups excluding carboxylic acids is 3. The molecule has 1 aliphatic heterocycles. The van der Waals surface area contributed by atoms with E-state index in [0.29, 0.717) is 3.57 Å². The molecule has 0 spiro atoms. The van der Waals surface area contributed by atoms with Crippen molar-refractivity contribution >= 4 is 46.1 Å². The van der Waals surface area contributed by atoms with Crippen molar-refractivity contribution < 1.29 is 19.1 Å². The molecule has 0 atom stereocenters. The minimum atomic E-state index is -0.867. The quantitative estimate of drug-likeness (QED) is 0.518. The zero-order valence-electron chi connectivity index (χ0n) is 10.7. The maximum atomic E-state index is 12.0. The van der Waals surface area contributed by atoms with Crippen LogP contribution in [0.25, 0.3) is 0 Å². The van der Waals surface area contributed by atoms with Crippen LogP contribution in [-0.2, 0) is 9.53 Å². The Morgan fingerprint density at radius 3 is 2.47 bits per heavy atom. The van der Waals surface area contributed by atoms with E-state index in [1.165, 1.54) is 0 Å². The molecule has 0 saturated carbocycles. The number of fused-ring (bicyclic) bond motifs is 1. The van der Waals surface area contributed by atoms with Gasteiger partial charge < -0.3 is 4.74 Å². The first-order valence-electron chi connectivity index (χ1n) is 5.62. The summed E-state index contributed by atoms with van der Waals surface area (Å²) in [4.78, 5) is 36.6. The van der Waals surface area contributed by atoms with Crippen molar-refractivity contribution in [3.05, 3.63) is 27.3 Å². The first kappa shape index (κ1) is 14.0. The molecule has 19 heavy (non-hydrogen) atoms. The Morgan fingerprint density at radius 1 is 1.26 bits per heavy atom. The van der Waals surface area contributed by atoms with E-state index in [1.54, 1.807) is 39.0 Å². The lowest BCUT2D eigenvalue weighted by atomic mass is 10.1. The normalized spacial score (nSPS) is 14.6. The number of hydrogen-bond acceptors (Lipinski definition) is 4. The van der Waals surface area contributed by atoms with Crippen LogP contribution in [0.4, 0.5) is 10.5 Å². The van der Waals surface area contributed by atoms with Crippen LogP contribution >= 0.6 is 22.6 Å². The summed E-state index contributed by atoms with van der Waals surface area (Å²) in [6, 6.07) is 4.96. The number of carbonyl (C=O) groups is 3. The topological polar surface area (TPSA) is 63.7 Å². The molecule has 2 amide bonds. The van der Waals surface area contributed by atoms with E-state index in [1.807, 2.05) is 22.6 Å². The predicted octanol–water partition coefficient (Wildman–Crippen LogP) is 2.76. The van der Waals surface area contributed by atoms with Gasteiger partial charge in [-0.15, -0.1) is 0 Å². The van der Waals surface area contributed by atoms with E-state index < -0.39 is 23.4 Å². The number of amides is 2. The average Bonchev–Trinajstić information content (AvgIpc) is 2.50. The zero-order valence-corrected chi connectivity index (χ0v) is 12.8. The average molecular weight is 373 g/mol. The third kappa shape index (κ3) is 2.49. The molecule has 1 aliphatic rings. The highest BCUT2D eigenvalue weighted by Gasteiger charge is 2.42. The van der Waals surface area contributed by atoms with Crippen molar-refractivity contribution in [1.29, 1.82) is 0 Å². The van der Waals surface area contributed by atoms with Gasteiger partial charge in [0.05, 0.1) is 11.3 Å². The van der Waals surface area contributed by atoms with Crippen molar-refractivity contribution in [2.45, 2.75) is 26.4 Å². The molecular weight excluding hydrogens is 361 g/mol. The summed E-state index contributed by atoms with van der Waals surface area (Å²) in [7, 11) is 0. The summed E-state index contributed by atoms with van der Waals surface area (Å²) in [5, 5.41) is 0. The van der Waals surface area contributed by atoms with E-state index in [9.17, 15) is 14.4 Å². The van der Waals surface area contributed by atoms with E-state index in [0.717, 1.165) is 4.90 Å². The summed E-state index contributed by atoms with van der Waals surface area (Å²) in [5.41, 5.74) is -0.180. The number of imide groups is 1. The SMILES string of the molecule is CC(C)(C)OC(=O)N1C(=O)C(=O)c2c(I)cccc21. The Bertz CT molecular complexity index is 589. The number of rotatable bonds is 0. The molecule has 0 fully saturated rings. The van der Waals surface area contributed by atoms with Gasteiger partial charge in [0.1, 0.15) is 5.60 Å². The smallest absolute Gasteiger partial charge is 0.422 e. The first-order valence-corrected chi connectivity index (χ1v) is 6.70. The number of Topliss-reactive ketones (excluding diaryl/α,β-unsaturated/α-hetero) is 1. The second-order valence-electron chi connectivity index (χ2n) is 5.08. The van der Waals surface area contributed by atoms with E-state index >= 15 is 0 Å². The molecule has 1 aromatic rings. The van der Waals surface area contributed by atoms with Crippen LogP contribution in [0.15, 0.2) is 18.2 Å². The zero-order chi connectivity index (χ0) is 14.4. The van der Waals surface area contributed by atoms with Gasteiger partial charge >= 0.3 is 12.0 Å². The van der Waals surface area contributed by atoms with Gasteiger partial charge in [-0.2, -0.15) is 0 Å². The van der Waals surface area contributed by atoms with Gasteiger partial charge in [-0.05, 0) is 55.5 Å². The molecule has 6 heteroatoms. The minimum absolute atomic E-state index is 0.263. The fraction of sp³-hybridized carbons (Fsp3) is 0.308. The van der Waals surface area contributed by atoms with Crippen LogP contribution in [0.1, 0.15) is 31.1 Å². The highest BCUT2D eigenvalue weighted by molar-refractivity contribution is 14.1. The lowest BCUT2D eigenvalue weighted by Gasteiger charge is -2.23. The molecule has 1 heterocycles. The number of halogens is 1. The molecule has 0 aromatic heterocycles. The third-order valence-corrected chi connectivity index (χ3v) is 3.33. The molecule has 0 aliphatic carbocycles. The number of hydrogen-bond donors (Lipinski definition) is 0. The van der Waals surface area contributed by atoms with E-state index in [-0.39, 0.29) is 11.3 Å². The van der Waals surface area contributed by atoms with Crippen LogP contribution in [-0.4, -0.2) is 23.4 Å². The molecule has 1 aromatic carbocycles. The Balaban J connectivity index is 2.45. The van der Waals surface area contributed by atoms with Crippen LogP contribution in [0.3, 0.4) is 0 Å². The molecule has 0 unspecified atom stereocenters. The molecule has 100 valence electrons. The Labute approximate surface area is 124 Å². The summed E-state index contributed by atoms with van der Waals surface area (Å²) < 4.78 is 5.79. The van der Waals surface area contributed by atoms with Gasteiger partial charge in [-0.3, -0.25) is 9.59 Å². The fourth-order valence-electron chi connectivity index (χ4n) is 1.73. The molecule has 0 radical (unpaired) electrons. The summed E-state index contributed by atoms with van der Waals surface area (Å²) in [5.74, 6) is -1.54. The van der Waals surface area contributed by atoms with Crippen molar-refractivity contribution in [2.75, 3.05) is 4.90 Å². The summed E-state index contributed by atoms with van der Waals surface area (Å²) in [6.07, 6.45) is -0.827. The molecule has 0 saturated heterocycles. The maximum absolute atomic E-state index is 12.0. The molecule has 5 nitrogen and oxygen atoms in total. The molecule has 0 N–H and O–H groups in total. The minimum Gasteiger partial charge on any atom is -0.443 e. The Hall–Kier alpha value is -1.44. The first-order chi connectivity index (χ1) is 8.72. The van der Waals surface area contributed by atoms with Crippen LogP contribution in [0.5, 0.6) is 0 Å². The van der Waals surface area contributed by atoms with Crippen molar-refractivity contribution in [3.63, 3.8) is 0 Å². The Kier molecular flexibility index (Phi) is 3.38. The number of ketones is 1. The van der Waals surface area contributed by atoms with Crippen LogP contribution in [0.2, 0.25) is 0 Å². The second kappa shape index (κ2) is 4.59. The molecule has 2 rings (SSSR count).